The Morgan fingerprint density at radius 2 is 2.14 bits per heavy atom. The number of H-pyrrole nitrogens is 1. The van der Waals surface area contributed by atoms with Gasteiger partial charge in [0.15, 0.2) is 5.82 Å². The van der Waals surface area contributed by atoms with Crippen molar-refractivity contribution >= 4 is 17.8 Å². The summed E-state index contributed by atoms with van der Waals surface area (Å²) in [6, 6.07) is 3.58. The maximum Gasteiger partial charge on any atom is 0.407 e. The van der Waals surface area contributed by atoms with Crippen molar-refractivity contribution in [3.63, 3.8) is 0 Å². The van der Waals surface area contributed by atoms with Crippen molar-refractivity contribution in [2.75, 3.05) is 5.32 Å². The molecular formula is C20H25N5O4. The Bertz CT molecular complexity index is 918. The Morgan fingerprint density at radius 1 is 1.31 bits per heavy atom. The van der Waals surface area contributed by atoms with Crippen molar-refractivity contribution in [3.05, 3.63) is 29.3 Å². The quantitative estimate of drug-likeness (QED) is 0.687. The molecule has 2 amide bonds. The summed E-state index contributed by atoms with van der Waals surface area (Å²) < 4.78 is 10.7. The minimum atomic E-state index is -0.283. The van der Waals surface area contributed by atoms with Crippen molar-refractivity contribution in [2.24, 2.45) is 5.92 Å². The number of aryl methyl sites for hydroxylation is 1. The van der Waals surface area contributed by atoms with Gasteiger partial charge in [0.05, 0.1) is 12.1 Å². The van der Waals surface area contributed by atoms with Gasteiger partial charge in [-0.25, -0.2) is 4.79 Å². The van der Waals surface area contributed by atoms with Gasteiger partial charge in [-0.15, -0.1) is 0 Å². The fourth-order valence-electron chi connectivity index (χ4n) is 4.81. The zero-order valence-electron chi connectivity index (χ0n) is 16.4. The SMILES string of the molecule is Cc1cc(CC(=O)Nc2cc(C3CC[C@@H](OC(=O)NC45CC(C4)C5)C3)[nH]n2)on1. The number of carbonyl (C=O) groups excluding carboxylic acids is 2. The first-order chi connectivity index (χ1) is 14.0. The van der Waals surface area contributed by atoms with Gasteiger partial charge in [0, 0.05) is 29.3 Å². The van der Waals surface area contributed by atoms with Crippen LogP contribution in [0.2, 0.25) is 0 Å². The summed E-state index contributed by atoms with van der Waals surface area (Å²) in [6.07, 6.45) is 5.57. The standard InChI is InChI=1S/C20H25N5O4/c1-11-4-15(29-25-11)6-18(26)21-17-7-16(23-24-17)13-2-3-14(5-13)28-19(27)22-20-8-12(9-20)10-20/h4,7,12-14H,2-3,5-6,8-10H2,1H3,(H,22,27)(H2,21,23,24,26)/t12?,13?,14-,20?/m1/s1. The third-order valence-corrected chi connectivity index (χ3v) is 6.38. The van der Waals surface area contributed by atoms with Crippen LogP contribution in [0.4, 0.5) is 10.6 Å². The molecule has 0 saturated heterocycles. The number of aromatic nitrogens is 3. The zero-order valence-corrected chi connectivity index (χ0v) is 16.4. The summed E-state index contributed by atoms with van der Waals surface area (Å²) in [5.74, 6) is 1.84. The molecule has 29 heavy (non-hydrogen) atoms. The molecule has 0 radical (unpaired) electrons. The molecule has 2 bridgehead atoms. The maximum absolute atomic E-state index is 12.1. The van der Waals surface area contributed by atoms with Crippen molar-refractivity contribution in [1.29, 1.82) is 0 Å². The first-order valence-corrected chi connectivity index (χ1v) is 10.2. The lowest BCUT2D eigenvalue weighted by Gasteiger charge is -2.61. The van der Waals surface area contributed by atoms with E-state index in [1.54, 1.807) is 6.07 Å². The van der Waals surface area contributed by atoms with Gasteiger partial charge in [-0.2, -0.15) is 5.10 Å². The maximum atomic E-state index is 12.1. The van der Waals surface area contributed by atoms with E-state index in [4.69, 9.17) is 9.26 Å². The normalized spacial score (nSPS) is 29.6. The molecule has 2 atom stereocenters. The molecule has 2 heterocycles. The van der Waals surface area contributed by atoms with Crippen LogP contribution >= 0.6 is 0 Å². The fraction of sp³-hybridized carbons (Fsp3) is 0.600. The van der Waals surface area contributed by atoms with Crippen LogP contribution in [0.3, 0.4) is 0 Å². The molecule has 4 aliphatic carbocycles. The summed E-state index contributed by atoms with van der Waals surface area (Å²) in [7, 11) is 0. The van der Waals surface area contributed by atoms with Gasteiger partial charge in [0.2, 0.25) is 5.91 Å². The van der Waals surface area contributed by atoms with Crippen LogP contribution < -0.4 is 10.6 Å². The van der Waals surface area contributed by atoms with Crippen LogP contribution in [-0.4, -0.2) is 39.0 Å². The Morgan fingerprint density at radius 3 is 2.83 bits per heavy atom. The largest absolute Gasteiger partial charge is 0.446 e. The average Bonchev–Trinajstić information content (AvgIpc) is 3.32. The Labute approximate surface area is 167 Å². The number of ether oxygens (including phenoxy) is 1. The van der Waals surface area contributed by atoms with Crippen LogP contribution in [0.15, 0.2) is 16.7 Å². The lowest BCUT2D eigenvalue weighted by atomic mass is 9.50. The second-order valence-electron chi connectivity index (χ2n) is 8.79. The van der Waals surface area contributed by atoms with E-state index in [2.05, 4.69) is 26.0 Å². The van der Waals surface area contributed by atoms with Gasteiger partial charge in [-0.05, 0) is 51.4 Å². The van der Waals surface area contributed by atoms with Crippen LogP contribution in [-0.2, 0) is 16.0 Å². The van der Waals surface area contributed by atoms with E-state index in [1.807, 2.05) is 13.0 Å². The number of alkyl carbamates (subject to hydrolysis) is 1. The van der Waals surface area contributed by atoms with E-state index < -0.39 is 0 Å². The molecule has 2 aromatic rings. The summed E-state index contributed by atoms with van der Waals surface area (Å²) in [4.78, 5) is 24.3. The van der Waals surface area contributed by atoms with Gasteiger partial charge < -0.3 is 19.9 Å². The molecule has 1 unspecified atom stereocenters. The first-order valence-electron chi connectivity index (χ1n) is 10.2. The van der Waals surface area contributed by atoms with Crippen molar-refractivity contribution in [1.82, 2.24) is 20.7 Å². The van der Waals surface area contributed by atoms with Crippen molar-refractivity contribution in [3.8, 4) is 0 Å². The highest BCUT2D eigenvalue weighted by atomic mass is 16.6. The minimum Gasteiger partial charge on any atom is -0.446 e. The summed E-state index contributed by atoms with van der Waals surface area (Å²) >= 11 is 0. The monoisotopic (exact) mass is 399 g/mol. The number of nitrogens with zero attached hydrogens (tertiary/aromatic N) is 2. The smallest absolute Gasteiger partial charge is 0.407 e. The zero-order chi connectivity index (χ0) is 20.0. The molecule has 154 valence electrons. The Hall–Kier alpha value is -2.84. The molecule has 9 nitrogen and oxygen atoms in total. The van der Waals surface area contributed by atoms with E-state index in [-0.39, 0.29) is 36.0 Å². The number of aromatic amines is 1. The molecule has 0 spiro atoms. The lowest BCUT2D eigenvalue weighted by Crippen LogP contribution is -2.68. The number of anilines is 1. The fourth-order valence-corrected chi connectivity index (χ4v) is 4.81. The number of nitrogens with one attached hydrogen (secondary N) is 3. The highest BCUT2D eigenvalue weighted by Crippen LogP contribution is 2.57. The Balaban J connectivity index is 1.10. The van der Waals surface area contributed by atoms with Crippen LogP contribution in [0.5, 0.6) is 0 Å². The second-order valence-corrected chi connectivity index (χ2v) is 8.79. The Kier molecular flexibility index (Phi) is 4.33. The predicted molar refractivity (Wildman–Crippen MR) is 102 cm³/mol. The van der Waals surface area contributed by atoms with E-state index in [0.29, 0.717) is 11.6 Å². The van der Waals surface area contributed by atoms with Crippen molar-refractivity contribution in [2.45, 2.75) is 69.4 Å². The van der Waals surface area contributed by atoms with Crippen molar-refractivity contribution < 1.29 is 18.8 Å². The minimum absolute atomic E-state index is 0.0423. The van der Waals surface area contributed by atoms with Crippen LogP contribution in [0.1, 0.15) is 61.6 Å². The van der Waals surface area contributed by atoms with Gasteiger partial charge >= 0.3 is 6.09 Å². The van der Waals surface area contributed by atoms with E-state index in [9.17, 15) is 9.59 Å². The first kappa shape index (κ1) is 18.2. The summed E-state index contributed by atoms with van der Waals surface area (Å²) in [5.41, 5.74) is 1.73. The molecule has 0 aromatic carbocycles. The highest BCUT2D eigenvalue weighted by molar-refractivity contribution is 5.91. The highest BCUT2D eigenvalue weighted by Gasteiger charge is 2.57. The molecule has 4 saturated carbocycles. The summed E-state index contributed by atoms with van der Waals surface area (Å²) in [6.45, 7) is 1.81. The average molecular weight is 399 g/mol. The number of amides is 2. The molecular weight excluding hydrogens is 374 g/mol. The third kappa shape index (κ3) is 3.73. The summed E-state index contributed by atoms with van der Waals surface area (Å²) in [5, 5.41) is 16.8. The molecule has 0 aliphatic heterocycles. The van der Waals surface area contributed by atoms with Crippen LogP contribution in [0, 0.1) is 12.8 Å². The molecule has 2 aromatic heterocycles. The molecule has 4 aliphatic rings. The van der Waals surface area contributed by atoms with Gasteiger partial charge in [-0.1, -0.05) is 5.16 Å². The topological polar surface area (TPSA) is 122 Å². The number of hydrogen-bond acceptors (Lipinski definition) is 6. The molecule has 3 N–H and O–H groups in total. The number of carbonyl (C=O) groups is 2. The van der Waals surface area contributed by atoms with Gasteiger partial charge in [0.1, 0.15) is 11.9 Å². The van der Waals surface area contributed by atoms with E-state index in [0.717, 1.165) is 55.8 Å². The number of hydrogen-bond donors (Lipinski definition) is 3. The number of rotatable bonds is 6. The van der Waals surface area contributed by atoms with Gasteiger partial charge in [0.25, 0.3) is 0 Å². The molecule has 9 heteroatoms. The van der Waals surface area contributed by atoms with E-state index >= 15 is 0 Å². The predicted octanol–water partition coefficient (Wildman–Crippen LogP) is 2.80. The van der Waals surface area contributed by atoms with Gasteiger partial charge in [-0.3, -0.25) is 9.89 Å². The second kappa shape index (κ2) is 6.89. The van der Waals surface area contributed by atoms with Crippen LogP contribution in [0.25, 0.3) is 0 Å². The third-order valence-electron chi connectivity index (χ3n) is 6.38. The van der Waals surface area contributed by atoms with E-state index in [1.165, 1.54) is 0 Å². The molecule has 4 fully saturated rings. The molecule has 6 rings (SSSR count). The lowest BCUT2D eigenvalue weighted by molar-refractivity contribution is -0.115.